The summed E-state index contributed by atoms with van der Waals surface area (Å²) in [7, 11) is -3.63. The second kappa shape index (κ2) is 7.97. The molecule has 2 aromatic rings. The Labute approximate surface area is 152 Å². The van der Waals surface area contributed by atoms with Crippen LogP contribution in [0.2, 0.25) is 0 Å². The van der Waals surface area contributed by atoms with Crippen LogP contribution in [0.5, 0.6) is 5.75 Å². The Balaban J connectivity index is 1.63. The second-order valence-corrected chi connectivity index (χ2v) is 8.16. The molecular formula is C19H20FNO4S. The summed E-state index contributed by atoms with van der Waals surface area (Å²) in [6.45, 7) is 0.277. The fraction of sp³-hybridized carbons (Fsp3) is 0.316. The molecule has 1 saturated heterocycles. The number of Topliss-reactive ketones (excluding diaryl/α,β-unsaturated/α-hetero) is 1. The van der Waals surface area contributed by atoms with E-state index in [1.807, 2.05) is 6.07 Å². The van der Waals surface area contributed by atoms with E-state index < -0.39 is 16.1 Å². The fourth-order valence-electron chi connectivity index (χ4n) is 3.04. The van der Waals surface area contributed by atoms with Crippen LogP contribution in [0.15, 0.2) is 54.6 Å². The highest BCUT2D eigenvalue weighted by atomic mass is 32.2. The maximum Gasteiger partial charge on any atom is 0.218 e. The molecule has 3 rings (SSSR count). The van der Waals surface area contributed by atoms with Gasteiger partial charge in [-0.15, -0.1) is 0 Å². The summed E-state index contributed by atoms with van der Waals surface area (Å²) in [4.78, 5) is 12.7. The molecule has 0 radical (unpaired) electrons. The molecule has 26 heavy (non-hydrogen) atoms. The maximum atomic E-state index is 12.9. The SMILES string of the molecule is O=C(c1ccccc1)C1CCCN1S(=O)(=O)CCOc1ccc(F)cc1. The number of carbonyl (C=O) groups excluding carboxylic acids is 1. The predicted octanol–water partition coefficient (Wildman–Crippen LogP) is 2.88. The van der Waals surface area contributed by atoms with Crippen LogP contribution in [0.25, 0.3) is 0 Å². The number of ether oxygens (including phenoxy) is 1. The lowest BCUT2D eigenvalue weighted by Crippen LogP contribution is -2.42. The Hall–Kier alpha value is -2.25. The number of sulfonamides is 1. The van der Waals surface area contributed by atoms with Crippen molar-refractivity contribution in [2.75, 3.05) is 18.9 Å². The van der Waals surface area contributed by atoms with Crippen molar-refractivity contribution in [1.82, 2.24) is 4.31 Å². The Kier molecular flexibility index (Phi) is 5.68. The third kappa shape index (κ3) is 4.28. The first-order chi connectivity index (χ1) is 12.5. The van der Waals surface area contributed by atoms with Gasteiger partial charge in [0.25, 0.3) is 0 Å². The number of carbonyl (C=O) groups is 1. The highest BCUT2D eigenvalue weighted by Crippen LogP contribution is 2.25. The van der Waals surface area contributed by atoms with Gasteiger partial charge in [-0.2, -0.15) is 4.31 Å². The molecule has 1 aliphatic heterocycles. The van der Waals surface area contributed by atoms with Crippen molar-refractivity contribution < 1.29 is 22.3 Å². The van der Waals surface area contributed by atoms with Gasteiger partial charge in [-0.3, -0.25) is 4.79 Å². The molecule has 1 atom stereocenters. The van der Waals surface area contributed by atoms with Gasteiger partial charge in [-0.05, 0) is 37.1 Å². The Morgan fingerprint density at radius 2 is 1.81 bits per heavy atom. The third-order valence-electron chi connectivity index (χ3n) is 4.35. The summed E-state index contributed by atoms with van der Waals surface area (Å²) < 4.78 is 44.9. The molecule has 0 amide bonds. The zero-order chi connectivity index (χ0) is 18.6. The molecule has 5 nitrogen and oxygen atoms in total. The molecule has 0 aliphatic carbocycles. The fourth-order valence-corrected chi connectivity index (χ4v) is 4.57. The molecular weight excluding hydrogens is 357 g/mol. The lowest BCUT2D eigenvalue weighted by atomic mass is 10.0. The van der Waals surface area contributed by atoms with E-state index >= 15 is 0 Å². The minimum atomic E-state index is -3.63. The van der Waals surface area contributed by atoms with E-state index in [-0.39, 0.29) is 24.0 Å². The normalized spacial score (nSPS) is 18.0. The van der Waals surface area contributed by atoms with E-state index in [4.69, 9.17) is 4.74 Å². The summed E-state index contributed by atoms with van der Waals surface area (Å²) in [6, 6.07) is 13.5. The van der Waals surface area contributed by atoms with Crippen LogP contribution in [0.3, 0.4) is 0 Å². The van der Waals surface area contributed by atoms with Crippen LogP contribution in [-0.2, 0) is 10.0 Å². The number of benzene rings is 2. The molecule has 0 spiro atoms. The third-order valence-corrected chi connectivity index (χ3v) is 6.18. The topological polar surface area (TPSA) is 63.7 Å². The average molecular weight is 377 g/mol. The highest BCUT2D eigenvalue weighted by Gasteiger charge is 2.38. The van der Waals surface area contributed by atoms with Crippen molar-refractivity contribution in [3.63, 3.8) is 0 Å². The van der Waals surface area contributed by atoms with Gasteiger partial charge in [-0.25, -0.2) is 12.8 Å². The number of hydrogen-bond donors (Lipinski definition) is 0. The van der Waals surface area contributed by atoms with E-state index in [1.165, 1.54) is 28.6 Å². The van der Waals surface area contributed by atoms with Gasteiger partial charge >= 0.3 is 0 Å². The van der Waals surface area contributed by atoms with Crippen LogP contribution < -0.4 is 4.74 Å². The van der Waals surface area contributed by atoms with Crippen molar-refractivity contribution in [2.24, 2.45) is 0 Å². The van der Waals surface area contributed by atoms with E-state index in [0.717, 1.165) is 0 Å². The number of nitrogens with zero attached hydrogens (tertiary/aromatic N) is 1. The number of ketones is 1. The van der Waals surface area contributed by atoms with Gasteiger partial charge in [0.2, 0.25) is 10.0 Å². The lowest BCUT2D eigenvalue weighted by Gasteiger charge is -2.23. The smallest absolute Gasteiger partial charge is 0.218 e. The first-order valence-corrected chi connectivity index (χ1v) is 10.1. The molecule has 1 unspecified atom stereocenters. The van der Waals surface area contributed by atoms with Crippen LogP contribution in [0, 0.1) is 5.82 Å². The number of hydrogen-bond acceptors (Lipinski definition) is 4. The van der Waals surface area contributed by atoms with E-state index in [9.17, 15) is 17.6 Å². The van der Waals surface area contributed by atoms with Crippen molar-refractivity contribution >= 4 is 15.8 Å². The average Bonchev–Trinajstić information content (AvgIpc) is 3.14. The zero-order valence-corrected chi connectivity index (χ0v) is 15.0. The van der Waals surface area contributed by atoms with Crippen LogP contribution in [0.1, 0.15) is 23.2 Å². The Bertz CT molecular complexity index is 853. The summed E-state index contributed by atoms with van der Waals surface area (Å²) >= 11 is 0. The molecule has 0 aromatic heterocycles. The summed E-state index contributed by atoms with van der Waals surface area (Å²) in [5, 5.41) is 0. The van der Waals surface area contributed by atoms with Gasteiger partial charge in [0.15, 0.2) is 5.78 Å². The predicted molar refractivity (Wildman–Crippen MR) is 96.2 cm³/mol. The van der Waals surface area contributed by atoms with Gasteiger partial charge in [0, 0.05) is 12.1 Å². The number of rotatable bonds is 7. The van der Waals surface area contributed by atoms with E-state index in [1.54, 1.807) is 24.3 Å². The first kappa shape index (κ1) is 18.5. The first-order valence-electron chi connectivity index (χ1n) is 8.44. The molecule has 138 valence electrons. The van der Waals surface area contributed by atoms with Gasteiger partial charge < -0.3 is 4.74 Å². The maximum absolute atomic E-state index is 12.9. The largest absolute Gasteiger partial charge is 0.492 e. The van der Waals surface area contributed by atoms with Crippen molar-refractivity contribution in [3.8, 4) is 5.75 Å². The molecule has 1 aliphatic rings. The Morgan fingerprint density at radius 3 is 2.50 bits per heavy atom. The van der Waals surface area contributed by atoms with Gasteiger partial charge in [-0.1, -0.05) is 30.3 Å². The van der Waals surface area contributed by atoms with Gasteiger partial charge in [0.05, 0.1) is 11.8 Å². The molecule has 0 saturated carbocycles. The standard InChI is InChI=1S/C19H20FNO4S/c20-16-8-10-17(11-9-16)25-13-14-26(23,24)21-12-4-7-18(21)19(22)15-5-2-1-3-6-15/h1-3,5-6,8-11,18H,4,7,12-14H2. The lowest BCUT2D eigenvalue weighted by molar-refractivity contribution is 0.0918. The summed E-state index contributed by atoms with van der Waals surface area (Å²) in [6.07, 6.45) is 1.17. The second-order valence-electron chi connectivity index (χ2n) is 6.12. The monoisotopic (exact) mass is 377 g/mol. The number of halogens is 1. The summed E-state index contributed by atoms with van der Waals surface area (Å²) in [5.74, 6) is -0.390. The van der Waals surface area contributed by atoms with E-state index in [2.05, 4.69) is 0 Å². The molecule has 1 heterocycles. The quantitative estimate of drug-likeness (QED) is 0.696. The van der Waals surface area contributed by atoms with Gasteiger partial charge in [0.1, 0.15) is 18.2 Å². The molecule has 1 fully saturated rings. The summed E-state index contributed by atoms with van der Waals surface area (Å²) in [5.41, 5.74) is 0.516. The molecule has 2 aromatic carbocycles. The van der Waals surface area contributed by atoms with Crippen molar-refractivity contribution in [2.45, 2.75) is 18.9 Å². The zero-order valence-electron chi connectivity index (χ0n) is 14.2. The minimum absolute atomic E-state index is 0.0588. The van der Waals surface area contributed by atoms with Crippen LogP contribution in [0.4, 0.5) is 4.39 Å². The molecule has 0 bridgehead atoms. The van der Waals surface area contributed by atoms with E-state index in [0.29, 0.717) is 30.7 Å². The van der Waals surface area contributed by atoms with Crippen molar-refractivity contribution in [1.29, 1.82) is 0 Å². The molecule has 7 heteroatoms. The van der Waals surface area contributed by atoms with Crippen molar-refractivity contribution in [3.05, 3.63) is 66.0 Å². The van der Waals surface area contributed by atoms with Crippen LogP contribution >= 0.6 is 0 Å². The van der Waals surface area contributed by atoms with Crippen LogP contribution in [-0.4, -0.2) is 43.5 Å². The highest BCUT2D eigenvalue weighted by molar-refractivity contribution is 7.89. The minimum Gasteiger partial charge on any atom is -0.492 e. The molecule has 0 N–H and O–H groups in total. The Morgan fingerprint density at radius 1 is 1.12 bits per heavy atom.